The van der Waals surface area contributed by atoms with Gasteiger partial charge in [-0.05, 0) is 54.0 Å². The van der Waals surface area contributed by atoms with Gasteiger partial charge in [-0.3, -0.25) is 0 Å². The number of nitrogens with zero attached hydrogens (tertiary/aromatic N) is 2. The van der Waals surface area contributed by atoms with Crippen molar-refractivity contribution in [2.75, 3.05) is 0 Å². The minimum absolute atomic E-state index is 0.0135. The van der Waals surface area contributed by atoms with E-state index in [9.17, 15) is 4.79 Å². The van der Waals surface area contributed by atoms with Crippen LogP contribution >= 0.6 is 0 Å². The normalized spacial score (nSPS) is 22.7. The number of benzene rings is 1. The van der Waals surface area contributed by atoms with Crippen molar-refractivity contribution in [3.05, 3.63) is 48.0 Å². The summed E-state index contributed by atoms with van der Waals surface area (Å²) in [5.74, 6) is 0. The smallest absolute Gasteiger partial charge is 0.311 e. The summed E-state index contributed by atoms with van der Waals surface area (Å²) in [6.07, 6.45) is 0. The highest BCUT2D eigenvalue weighted by molar-refractivity contribution is 5.81. The van der Waals surface area contributed by atoms with E-state index in [2.05, 4.69) is 60.3 Å². The van der Waals surface area contributed by atoms with Crippen LogP contribution in [-0.4, -0.2) is 33.0 Å². The van der Waals surface area contributed by atoms with Crippen LogP contribution in [0.5, 0.6) is 0 Å². The van der Waals surface area contributed by atoms with Gasteiger partial charge in [0.1, 0.15) is 0 Å². The van der Waals surface area contributed by atoms with Crippen LogP contribution in [0, 0.1) is 0 Å². The van der Waals surface area contributed by atoms with Crippen molar-refractivity contribution in [2.45, 2.75) is 71.6 Å². The van der Waals surface area contributed by atoms with Gasteiger partial charge in [0.15, 0.2) is 0 Å². The molecule has 0 bridgehead atoms. The highest BCUT2D eigenvalue weighted by Crippen LogP contribution is 2.45. The first-order chi connectivity index (χ1) is 10.5. The molecule has 1 fully saturated rings. The van der Waals surface area contributed by atoms with E-state index in [1.807, 2.05) is 34.9 Å². The molecular formula is C20H30N2O. The molecule has 3 heteroatoms. The van der Waals surface area contributed by atoms with Crippen LogP contribution in [-0.2, 0) is 0 Å². The Morgan fingerprint density at radius 3 is 1.83 bits per heavy atom. The van der Waals surface area contributed by atoms with E-state index in [-0.39, 0.29) is 29.2 Å². The Hall–Kier alpha value is -1.77. The summed E-state index contributed by atoms with van der Waals surface area (Å²) < 4.78 is 0. The standard InChI is InChI=1S/C20H30N2O/c1-14(2)16-17(15-12-10-9-11-13-15)22(20(6,7)8)18(23)21(16)19(3,4)5/h9-13,16-17H,1H2,2-8H3/t16-,17-/m0/s1. The number of amides is 2. The van der Waals surface area contributed by atoms with E-state index < -0.39 is 0 Å². The molecule has 2 atom stereocenters. The first kappa shape index (κ1) is 17.6. The molecule has 1 aromatic carbocycles. The quantitative estimate of drug-likeness (QED) is 0.704. The number of urea groups is 1. The molecule has 0 N–H and O–H groups in total. The van der Waals surface area contributed by atoms with Gasteiger partial charge in [-0.25, -0.2) is 4.79 Å². The fourth-order valence-corrected chi connectivity index (χ4v) is 3.52. The van der Waals surface area contributed by atoms with Crippen molar-refractivity contribution in [3.8, 4) is 0 Å². The maximum absolute atomic E-state index is 13.3. The highest BCUT2D eigenvalue weighted by Gasteiger charge is 2.53. The molecule has 23 heavy (non-hydrogen) atoms. The fourth-order valence-electron chi connectivity index (χ4n) is 3.52. The molecule has 0 spiro atoms. The lowest BCUT2D eigenvalue weighted by Gasteiger charge is -2.37. The van der Waals surface area contributed by atoms with Crippen molar-refractivity contribution >= 4 is 6.03 Å². The summed E-state index contributed by atoms with van der Waals surface area (Å²) in [5.41, 5.74) is 1.67. The number of rotatable bonds is 2. The minimum Gasteiger partial charge on any atom is -0.311 e. The zero-order valence-electron chi connectivity index (χ0n) is 15.6. The predicted molar refractivity (Wildman–Crippen MR) is 96.4 cm³/mol. The van der Waals surface area contributed by atoms with E-state index in [0.717, 1.165) is 11.1 Å². The maximum atomic E-state index is 13.3. The van der Waals surface area contributed by atoms with Crippen molar-refractivity contribution in [2.24, 2.45) is 0 Å². The second kappa shape index (κ2) is 5.70. The molecule has 1 aliphatic heterocycles. The lowest BCUT2D eigenvalue weighted by Crippen LogP contribution is -2.50. The summed E-state index contributed by atoms with van der Waals surface area (Å²) in [6.45, 7) is 18.8. The van der Waals surface area contributed by atoms with E-state index in [4.69, 9.17) is 0 Å². The molecule has 3 nitrogen and oxygen atoms in total. The largest absolute Gasteiger partial charge is 0.322 e. The molecule has 0 aliphatic carbocycles. The lowest BCUT2D eigenvalue weighted by atomic mass is 9.90. The Morgan fingerprint density at radius 1 is 0.957 bits per heavy atom. The monoisotopic (exact) mass is 314 g/mol. The molecular weight excluding hydrogens is 284 g/mol. The van der Waals surface area contributed by atoms with Crippen LogP contribution in [0.2, 0.25) is 0 Å². The molecule has 1 aromatic rings. The average Bonchev–Trinajstić information content (AvgIpc) is 2.73. The van der Waals surface area contributed by atoms with Crippen molar-refractivity contribution in [1.29, 1.82) is 0 Å². The molecule has 0 radical (unpaired) electrons. The van der Waals surface area contributed by atoms with Crippen molar-refractivity contribution < 1.29 is 4.79 Å². The van der Waals surface area contributed by atoms with Gasteiger partial charge >= 0.3 is 6.03 Å². The van der Waals surface area contributed by atoms with Crippen LogP contribution in [0.3, 0.4) is 0 Å². The molecule has 1 heterocycles. The number of hydrogen-bond acceptors (Lipinski definition) is 1. The van der Waals surface area contributed by atoms with Crippen LogP contribution in [0.1, 0.15) is 60.1 Å². The third-order valence-corrected chi connectivity index (χ3v) is 4.36. The Morgan fingerprint density at radius 2 is 1.43 bits per heavy atom. The van der Waals surface area contributed by atoms with Gasteiger partial charge < -0.3 is 9.80 Å². The number of hydrogen-bond donors (Lipinski definition) is 0. The summed E-state index contributed by atoms with van der Waals surface area (Å²) in [7, 11) is 0. The van der Waals surface area contributed by atoms with Gasteiger partial charge in [0.2, 0.25) is 0 Å². The molecule has 0 saturated carbocycles. The Balaban J connectivity index is 2.66. The molecule has 1 saturated heterocycles. The van der Waals surface area contributed by atoms with Crippen molar-refractivity contribution in [1.82, 2.24) is 9.80 Å². The average molecular weight is 314 g/mol. The topological polar surface area (TPSA) is 23.6 Å². The highest BCUT2D eigenvalue weighted by atomic mass is 16.2. The molecule has 2 rings (SSSR count). The van der Waals surface area contributed by atoms with Gasteiger partial charge in [0.05, 0.1) is 12.1 Å². The molecule has 2 amide bonds. The lowest BCUT2D eigenvalue weighted by molar-refractivity contribution is 0.123. The molecule has 1 aliphatic rings. The minimum atomic E-state index is -0.259. The van der Waals surface area contributed by atoms with Crippen LogP contribution in [0.15, 0.2) is 42.5 Å². The van der Waals surface area contributed by atoms with Crippen molar-refractivity contribution in [3.63, 3.8) is 0 Å². The third-order valence-electron chi connectivity index (χ3n) is 4.36. The van der Waals surface area contributed by atoms with Crippen LogP contribution in [0.4, 0.5) is 4.79 Å². The van der Waals surface area contributed by atoms with Crippen LogP contribution < -0.4 is 0 Å². The van der Waals surface area contributed by atoms with Gasteiger partial charge in [-0.1, -0.05) is 42.5 Å². The van der Waals surface area contributed by atoms with Gasteiger partial charge in [0, 0.05) is 11.1 Å². The first-order valence-electron chi connectivity index (χ1n) is 8.29. The van der Waals surface area contributed by atoms with E-state index in [1.54, 1.807) is 0 Å². The van der Waals surface area contributed by atoms with Crippen LogP contribution in [0.25, 0.3) is 0 Å². The fraction of sp³-hybridized carbons (Fsp3) is 0.550. The second-order valence-corrected chi connectivity index (χ2v) is 8.51. The van der Waals surface area contributed by atoms with E-state index in [1.165, 1.54) is 0 Å². The summed E-state index contributed by atoms with van der Waals surface area (Å²) in [5, 5.41) is 0. The maximum Gasteiger partial charge on any atom is 0.322 e. The van der Waals surface area contributed by atoms with Gasteiger partial charge in [-0.15, -0.1) is 0 Å². The first-order valence-corrected chi connectivity index (χ1v) is 8.29. The summed E-state index contributed by atoms with van der Waals surface area (Å²) in [4.78, 5) is 17.3. The second-order valence-electron chi connectivity index (χ2n) is 8.51. The number of carbonyl (C=O) groups is 1. The summed E-state index contributed by atoms with van der Waals surface area (Å²) in [6, 6.07) is 10.4. The zero-order valence-corrected chi connectivity index (χ0v) is 15.6. The van der Waals surface area contributed by atoms with E-state index in [0.29, 0.717) is 0 Å². The Labute approximate surface area is 141 Å². The SMILES string of the molecule is C=C(C)[C@H]1[C@H](c2ccccc2)N(C(C)(C)C)C(=O)N1C(C)(C)C. The summed E-state index contributed by atoms with van der Waals surface area (Å²) >= 11 is 0. The van der Waals surface area contributed by atoms with Gasteiger partial charge in [-0.2, -0.15) is 0 Å². The van der Waals surface area contributed by atoms with E-state index >= 15 is 0 Å². The Bertz CT molecular complexity index is 592. The third kappa shape index (κ3) is 3.15. The predicted octanol–water partition coefficient (Wildman–Crippen LogP) is 5.01. The molecule has 0 aromatic heterocycles. The Kier molecular flexibility index (Phi) is 4.36. The molecule has 126 valence electrons. The van der Waals surface area contributed by atoms with Gasteiger partial charge in [0.25, 0.3) is 0 Å². The number of carbonyl (C=O) groups excluding carboxylic acids is 1. The molecule has 0 unspecified atom stereocenters. The zero-order chi connectivity index (χ0) is 17.6.